The van der Waals surface area contributed by atoms with E-state index in [4.69, 9.17) is 4.74 Å². The van der Waals surface area contributed by atoms with E-state index in [1.54, 1.807) is 28.9 Å². The highest BCUT2D eigenvalue weighted by atomic mass is 32.2. The van der Waals surface area contributed by atoms with E-state index < -0.39 is 6.04 Å². The van der Waals surface area contributed by atoms with Crippen molar-refractivity contribution in [2.45, 2.75) is 33.2 Å². The van der Waals surface area contributed by atoms with Gasteiger partial charge in [-0.15, -0.1) is 0 Å². The maximum atomic E-state index is 12.9. The molecule has 1 unspecified atom stereocenters. The molecule has 1 aromatic carbocycles. The number of likely N-dealkylation sites (N-methyl/N-ethyl adjacent to an activating group) is 1. The minimum atomic E-state index is -0.633. The van der Waals surface area contributed by atoms with Crippen molar-refractivity contribution >= 4 is 34.8 Å². The van der Waals surface area contributed by atoms with Crippen LogP contribution < -0.4 is 10.1 Å². The zero-order valence-electron chi connectivity index (χ0n) is 19.8. The third kappa shape index (κ3) is 9.43. The Hall–Kier alpha value is -2.59. The van der Waals surface area contributed by atoms with Gasteiger partial charge < -0.3 is 24.8 Å². The second kappa shape index (κ2) is 13.2. The van der Waals surface area contributed by atoms with Crippen LogP contribution in [0.25, 0.3) is 0 Å². The Morgan fingerprint density at radius 2 is 1.70 bits per heavy atom. The van der Waals surface area contributed by atoms with Crippen molar-refractivity contribution in [3.8, 4) is 5.75 Å². The summed E-state index contributed by atoms with van der Waals surface area (Å²) in [7, 11) is 2.02. The van der Waals surface area contributed by atoms with E-state index in [0.29, 0.717) is 44.1 Å². The van der Waals surface area contributed by atoms with Crippen LogP contribution in [0.3, 0.4) is 0 Å². The topological polar surface area (TPSA) is 99.3 Å². The lowest BCUT2D eigenvalue weighted by Crippen LogP contribution is -2.55. The number of carbonyl (C=O) groups excluding carboxylic acids is 4. The fourth-order valence-electron chi connectivity index (χ4n) is 3.41. The Balaban J connectivity index is 1.94. The van der Waals surface area contributed by atoms with Gasteiger partial charge in [0.1, 0.15) is 11.8 Å². The Kier molecular flexibility index (Phi) is 10.7. The summed E-state index contributed by atoms with van der Waals surface area (Å²) < 4.78 is 5.04. The second-order valence-corrected chi connectivity index (χ2v) is 9.39. The molecule has 0 bridgehead atoms. The van der Waals surface area contributed by atoms with Crippen molar-refractivity contribution < 1.29 is 23.9 Å². The molecule has 10 heteroatoms. The smallest absolute Gasteiger partial charge is 0.318 e. The van der Waals surface area contributed by atoms with E-state index in [-0.39, 0.29) is 23.0 Å². The molecule has 0 spiro atoms. The highest BCUT2D eigenvalue weighted by Gasteiger charge is 2.26. The molecular formula is C23H34N4O5S. The second-order valence-electron chi connectivity index (χ2n) is 8.11. The summed E-state index contributed by atoms with van der Waals surface area (Å²) in [5.41, 5.74) is 0.976. The predicted molar refractivity (Wildman–Crippen MR) is 128 cm³/mol. The Labute approximate surface area is 199 Å². The van der Waals surface area contributed by atoms with Crippen molar-refractivity contribution in [2.75, 3.05) is 52.1 Å². The van der Waals surface area contributed by atoms with Crippen LogP contribution in [0.15, 0.2) is 24.3 Å². The molecular weight excluding hydrogens is 444 g/mol. The quantitative estimate of drug-likeness (QED) is 0.425. The molecule has 1 fully saturated rings. The number of nitrogens with zero attached hydrogens (tertiary/aromatic N) is 3. The fraction of sp³-hybridized carbons (Fsp3) is 0.565. The summed E-state index contributed by atoms with van der Waals surface area (Å²) in [4.78, 5) is 53.6. The lowest BCUT2D eigenvalue weighted by atomic mass is 10.1. The van der Waals surface area contributed by atoms with Gasteiger partial charge in [-0.05, 0) is 38.1 Å². The highest BCUT2D eigenvalue weighted by Crippen LogP contribution is 2.14. The van der Waals surface area contributed by atoms with Crippen LogP contribution in [0.2, 0.25) is 0 Å². The molecule has 0 aliphatic carbocycles. The standard InChI is InChI=1S/C23H34N4O5S/c1-17(22(30)26-13-11-25(4)12-14-26)24-23(31)27(15-16-33-19(3)29)10-9-20-5-7-21(8-6-20)32-18(2)28/h5-8,17H,9-16H2,1-4H3,(H,24,31). The number of esters is 1. The van der Waals surface area contributed by atoms with Gasteiger partial charge in [-0.3, -0.25) is 14.4 Å². The van der Waals surface area contributed by atoms with Crippen molar-refractivity contribution in [2.24, 2.45) is 0 Å². The van der Waals surface area contributed by atoms with Crippen molar-refractivity contribution in [3.63, 3.8) is 0 Å². The van der Waals surface area contributed by atoms with Gasteiger partial charge in [-0.1, -0.05) is 23.9 Å². The maximum Gasteiger partial charge on any atom is 0.318 e. The summed E-state index contributed by atoms with van der Waals surface area (Å²) in [5, 5.41) is 2.82. The molecule has 3 amide bonds. The van der Waals surface area contributed by atoms with E-state index in [9.17, 15) is 19.2 Å². The van der Waals surface area contributed by atoms with Gasteiger partial charge in [0.05, 0.1) is 0 Å². The van der Waals surface area contributed by atoms with Crippen molar-refractivity contribution in [1.82, 2.24) is 20.0 Å². The number of thioether (sulfide) groups is 1. The first kappa shape index (κ1) is 26.7. The lowest BCUT2D eigenvalue weighted by molar-refractivity contribution is -0.134. The van der Waals surface area contributed by atoms with E-state index in [1.165, 1.54) is 25.6 Å². The van der Waals surface area contributed by atoms with Crippen LogP contribution >= 0.6 is 11.8 Å². The van der Waals surface area contributed by atoms with E-state index in [0.717, 1.165) is 18.7 Å². The molecule has 1 heterocycles. The molecule has 1 N–H and O–H groups in total. The average molecular weight is 479 g/mol. The largest absolute Gasteiger partial charge is 0.427 e. The van der Waals surface area contributed by atoms with Crippen LogP contribution in [-0.4, -0.2) is 95.8 Å². The summed E-state index contributed by atoms with van der Waals surface area (Å²) in [5.74, 6) is 0.480. The summed E-state index contributed by atoms with van der Waals surface area (Å²) in [6.45, 7) is 8.29. The van der Waals surface area contributed by atoms with Gasteiger partial charge in [0.15, 0.2) is 5.12 Å². The number of urea groups is 1. The van der Waals surface area contributed by atoms with Crippen LogP contribution in [-0.2, 0) is 20.8 Å². The molecule has 182 valence electrons. The Morgan fingerprint density at radius 1 is 1.06 bits per heavy atom. The molecule has 0 aromatic heterocycles. The molecule has 1 saturated heterocycles. The number of hydrogen-bond donors (Lipinski definition) is 1. The third-order valence-corrected chi connectivity index (χ3v) is 6.13. The molecule has 9 nitrogen and oxygen atoms in total. The Bertz CT molecular complexity index is 825. The number of carbonyl (C=O) groups is 4. The molecule has 1 atom stereocenters. The van der Waals surface area contributed by atoms with Gasteiger partial charge in [0.25, 0.3) is 0 Å². The normalized spacial score (nSPS) is 15.0. The first-order chi connectivity index (χ1) is 15.7. The highest BCUT2D eigenvalue weighted by molar-refractivity contribution is 8.13. The summed E-state index contributed by atoms with van der Waals surface area (Å²) in [6.07, 6.45) is 0.583. The number of benzene rings is 1. The predicted octanol–water partition coefficient (Wildman–Crippen LogP) is 1.61. The number of hydrogen-bond acceptors (Lipinski definition) is 7. The number of piperazine rings is 1. The number of amides is 3. The fourth-order valence-corrected chi connectivity index (χ4v) is 4.01. The van der Waals surface area contributed by atoms with Gasteiger partial charge >= 0.3 is 12.0 Å². The van der Waals surface area contributed by atoms with Crippen molar-refractivity contribution in [3.05, 3.63) is 29.8 Å². The van der Waals surface area contributed by atoms with Gasteiger partial charge in [0, 0.05) is 58.9 Å². The minimum Gasteiger partial charge on any atom is -0.427 e. The van der Waals surface area contributed by atoms with Gasteiger partial charge in [0.2, 0.25) is 5.91 Å². The van der Waals surface area contributed by atoms with Gasteiger partial charge in [-0.2, -0.15) is 0 Å². The van der Waals surface area contributed by atoms with E-state index in [1.807, 2.05) is 19.2 Å². The van der Waals surface area contributed by atoms with Crippen LogP contribution in [0.4, 0.5) is 4.79 Å². The van der Waals surface area contributed by atoms with Gasteiger partial charge in [-0.25, -0.2) is 4.79 Å². The van der Waals surface area contributed by atoms with Crippen molar-refractivity contribution in [1.29, 1.82) is 0 Å². The molecule has 1 aliphatic heterocycles. The zero-order chi connectivity index (χ0) is 24.4. The number of rotatable bonds is 9. The molecule has 1 aliphatic rings. The Morgan fingerprint density at radius 3 is 2.27 bits per heavy atom. The zero-order valence-corrected chi connectivity index (χ0v) is 20.7. The van der Waals surface area contributed by atoms with Crippen LogP contribution in [0.1, 0.15) is 26.3 Å². The minimum absolute atomic E-state index is 0.00460. The molecule has 2 rings (SSSR count). The lowest BCUT2D eigenvalue weighted by Gasteiger charge is -2.34. The first-order valence-corrected chi connectivity index (χ1v) is 12.1. The third-order valence-electron chi connectivity index (χ3n) is 5.33. The average Bonchev–Trinajstić information content (AvgIpc) is 2.76. The number of ether oxygens (including phenoxy) is 1. The maximum absolute atomic E-state index is 12.9. The number of nitrogens with one attached hydrogen (secondary N) is 1. The molecule has 0 radical (unpaired) electrons. The molecule has 33 heavy (non-hydrogen) atoms. The van der Waals surface area contributed by atoms with Crippen LogP contribution in [0, 0.1) is 0 Å². The molecule has 0 saturated carbocycles. The van der Waals surface area contributed by atoms with E-state index >= 15 is 0 Å². The summed E-state index contributed by atoms with van der Waals surface area (Å²) in [6, 6.07) is 6.15. The van der Waals surface area contributed by atoms with E-state index in [2.05, 4.69) is 10.2 Å². The SMILES string of the molecule is CC(=O)Oc1ccc(CCN(CCSC(C)=O)C(=O)NC(C)C(=O)N2CCN(C)CC2)cc1. The summed E-state index contributed by atoms with van der Waals surface area (Å²) >= 11 is 1.17. The first-order valence-electron chi connectivity index (χ1n) is 11.1. The monoisotopic (exact) mass is 478 g/mol. The molecule has 1 aromatic rings. The van der Waals surface area contributed by atoms with Crippen LogP contribution in [0.5, 0.6) is 5.75 Å².